The lowest BCUT2D eigenvalue weighted by atomic mass is 10.1. The first kappa shape index (κ1) is 13.0. The van der Waals surface area contributed by atoms with E-state index in [1.54, 1.807) is 0 Å². The van der Waals surface area contributed by atoms with E-state index in [-0.39, 0.29) is 5.91 Å². The van der Waals surface area contributed by atoms with Crippen LogP contribution in [0.25, 0.3) is 0 Å². The quantitative estimate of drug-likeness (QED) is 0.884. The topological polar surface area (TPSA) is 29.1 Å². The summed E-state index contributed by atoms with van der Waals surface area (Å²) in [6.07, 6.45) is 1.30. The summed E-state index contributed by atoms with van der Waals surface area (Å²) in [6, 6.07) is 8.22. The zero-order chi connectivity index (χ0) is 12.0. The third-order valence-electron chi connectivity index (χ3n) is 2.20. The van der Waals surface area contributed by atoms with Gasteiger partial charge in [-0.15, -0.1) is 0 Å². The molecule has 0 atom stereocenters. The molecule has 0 aliphatic rings. The number of carbonyl (C=O) groups excluding carboxylic acids is 1. The monoisotopic (exact) mass is 281 g/mol. The number of hydrogen-bond donors (Lipinski definition) is 1. The molecule has 1 rings (SSSR count). The van der Waals surface area contributed by atoms with Crippen LogP contribution in [0, 0.1) is 6.92 Å². The SMILES string of the molecule is C=C(Br)CNC(=O)CCc1cccc(C)c1. The summed E-state index contributed by atoms with van der Waals surface area (Å²) in [6.45, 7) is 6.21. The van der Waals surface area contributed by atoms with E-state index in [1.807, 2.05) is 12.1 Å². The van der Waals surface area contributed by atoms with Gasteiger partial charge < -0.3 is 5.32 Å². The number of aryl methyl sites for hydroxylation is 2. The fourth-order valence-electron chi connectivity index (χ4n) is 1.41. The van der Waals surface area contributed by atoms with Crippen LogP contribution >= 0.6 is 15.9 Å². The van der Waals surface area contributed by atoms with Crippen LogP contribution in [0.1, 0.15) is 17.5 Å². The van der Waals surface area contributed by atoms with Gasteiger partial charge in [-0.1, -0.05) is 52.3 Å². The Morgan fingerprint density at radius 3 is 2.88 bits per heavy atom. The highest BCUT2D eigenvalue weighted by Crippen LogP contribution is 2.06. The average Bonchev–Trinajstić information content (AvgIpc) is 2.23. The summed E-state index contributed by atoms with van der Waals surface area (Å²) in [5.41, 5.74) is 2.43. The molecule has 1 N–H and O–H groups in total. The Kier molecular flexibility index (Phi) is 5.26. The molecule has 0 heterocycles. The van der Waals surface area contributed by atoms with Gasteiger partial charge in [-0.3, -0.25) is 4.79 Å². The maximum Gasteiger partial charge on any atom is 0.220 e. The van der Waals surface area contributed by atoms with Crippen LogP contribution in [0.4, 0.5) is 0 Å². The van der Waals surface area contributed by atoms with Crippen LogP contribution in [-0.4, -0.2) is 12.5 Å². The van der Waals surface area contributed by atoms with Crippen LogP contribution in [0.3, 0.4) is 0 Å². The van der Waals surface area contributed by atoms with Gasteiger partial charge in [-0.2, -0.15) is 0 Å². The van der Waals surface area contributed by atoms with Crippen LogP contribution in [0.5, 0.6) is 0 Å². The first-order valence-electron chi connectivity index (χ1n) is 5.23. The molecule has 0 aliphatic heterocycles. The number of halogens is 1. The Hall–Kier alpha value is -1.09. The van der Waals surface area contributed by atoms with Crippen molar-refractivity contribution in [1.82, 2.24) is 5.32 Å². The van der Waals surface area contributed by atoms with Crippen molar-refractivity contribution in [3.8, 4) is 0 Å². The third kappa shape index (κ3) is 5.12. The number of nitrogens with one attached hydrogen (secondary N) is 1. The summed E-state index contributed by atoms with van der Waals surface area (Å²) in [7, 11) is 0. The Morgan fingerprint density at radius 2 is 2.25 bits per heavy atom. The summed E-state index contributed by atoms with van der Waals surface area (Å²) < 4.78 is 0.788. The maximum absolute atomic E-state index is 11.4. The summed E-state index contributed by atoms with van der Waals surface area (Å²) in [4.78, 5) is 11.4. The molecule has 1 aromatic rings. The van der Waals surface area contributed by atoms with E-state index in [0.717, 1.165) is 10.9 Å². The van der Waals surface area contributed by atoms with Gasteiger partial charge in [-0.05, 0) is 18.9 Å². The summed E-state index contributed by atoms with van der Waals surface area (Å²) in [5, 5.41) is 2.78. The maximum atomic E-state index is 11.4. The fraction of sp³-hybridized carbons (Fsp3) is 0.308. The predicted molar refractivity (Wildman–Crippen MR) is 70.6 cm³/mol. The van der Waals surface area contributed by atoms with Crippen LogP contribution in [0.15, 0.2) is 35.3 Å². The minimum Gasteiger partial charge on any atom is -0.352 e. The molecule has 2 nitrogen and oxygen atoms in total. The molecule has 0 saturated heterocycles. The molecule has 16 heavy (non-hydrogen) atoms. The van der Waals surface area contributed by atoms with Crippen molar-refractivity contribution < 1.29 is 4.79 Å². The van der Waals surface area contributed by atoms with E-state index in [4.69, 9.17) is 0 Å². The normalized spacial score (nSPS) is 9.88. The number of amides is 1. The standard InChI is InChI=1S/C13H16BrNO/c1-10-4-3-5-12(8-10)6-7-13(16)15-9-11(2)14/h3-5,8H,2,6-7,9H2,1H3,(H,15,16). The van der Waals surface area contributed by atoms with Crippen molar-refractivity contribution in [2.75, 3.05) is 6.54 Å². The lowest BCUT2D eigenvalue weighted by Gasteiger charge is -2.04. The second-order valence-corrected chi connectivity index (χ2v) is 4.90. The number of carbonyl (C=O) groups is 1. The van der Waals surface area contributed by atoms with Crippen molar-refractivity contribution in [2.24, 2.45) is 0 Å². The molecule has 0 spiro atoms. The smallest absolute Gasteiger partial charge is 0.220 e. The molecule has 0 saturated carbocycles. The van der Waals surface area contributed by atoms with Gasteiger partial charge in [0.05, 0.1) is 0 Å². The largest absolute Gasteiger partial charge is 0.352 e. The zero-order valence-corrected chi connectivity index (χ0v) is 11.0. The van der Waals surface area contributed by atoms with Crippen molar-refractivity contribution in [1.29, 1.82) is 0 Å². The fourth-order valence-corrected chi connectivity index (χ4v) is 1.55. The first-order valence-corrected chi connectivity index (χ1v) is 6.03. The third-order valence-corrected chi connectivity index (χ3v) is 2.48. The van der Waals surface area contributed by atoms with Crippen molar-refractivity contribution in [3.05, 3.63) is 46.5 Å². The first-order chi connectivity index (χ1) is 7.58. The highest BCUT2D eigenvalue weighted by atomic mass is 79.9. The lowest BCUT2D eigenvalue weighted by molar-refractivity contribution is -0.120. The second kappa shape index (κ2) is 6.48. The minimum absolute atomic E-state index is 0.0575. The second-order valence-electron chi connectivity index (χ2n) is 3.78. The van der Waals surface area contributed by atoms with Gasteiger partial charge in [-0.25, -0.2) is 0 Å². The molecule has 0 unspecified atom stereocenters. The molecular formula is C13H16BrNO. The number of rotatable bonds is 5. The van der Waals surface area contributed by atoms with Gasteiger partial charge in [0.15, 0.2) is 0 Å². The number of benzene rings is 1. The van der Waals surface area contributed by atoms with Gasteiger partial charge in [0.2, 0.25) is 5.91 Å². The Labute approximate surface area is 105 Å². The highest BCUT2D eigenvalue weighted by molar-refractivity contribution is 9.11. The van der Waals surface area contributed by atoms with E-state index >= 15 is 0 Å². The molecule has 0 aliphatic carbocycles. The van der Waals surface area contributed by atoms with E-state index in [0.29, 0.717) is 13.0 Å². The van der Waals surface area contributed by atoms with Crippen LogP contribution in [-0.2, 0) is 11.2 Å². The van der Waals surface area contributed by atoms with E-state index < -0.39 is 0 Å². The molecule has 1 aromatic carbocycles. The van der Waals surface area contributed by atoms with Gasteiger partial charge >= 0.3 is 0 Å². The molecule has 86 valence electrons. The average molecular weight is 282 g/mol. The summed E-state index contributed by atoms with van der Waals surface area (Å²) >= 11 is 3.20. The van der Waals surface area contributed by atoms with Crippen molar-refractivity contribution in [3.63, 3.8) is 0 Å². The zero-order valence-electron chi connectivity index (χ0n) is 9.42. The molecule has 0 bridgehead atoms. The summed E-state index contributed by atoms with van der Waals surface area (Å²) in [5.74, 6) is 0.0575. The molecule has 0 fully saturated rings. The van der Waals surface area contributed by atoms with Gasteiger partial charge in [0.1, 0.15) is 0 Å². The lowest BCUT2D eigenvalue weighted by Crippen LogP contribution is -2.24. The predicted octanol–water partition coefficient (Wildman–Crippen LogP) is 2.95. The molecule has 1 amide bonds. The van der Waals surface area contributed by atoms with Crippen LogP contribution < -0.4 is 5.32 Å². The minimum atomic E-state index is 0.0575. The molecule has 0 aromatic heterocycles. The molecule has 3 heteroatoms. The molecular weight excluding hydrogens is 266 g/mol. The van der Waals surface area contributed by atoms with Crippen molar-refractivity contribution in [2.45, 2.75) is 19.8 Å². The van der Waals surface area contributed by atoms with Gasteiger partial charge in [0.25, 0.3) is 0 Å². The molecule has 0 radical (unpaired) electrons. The van der Waals surface area contributed by atoms with E-state index in [1.165, 1.54) is 11.1 Å². The Balaban J connectivity index is 2.34. The van der Waals surface area contributed by atoms with E-state index in [9.17, 15) is 4.79 Å². The van der Waals surface area contributed by atoms with Crippen molar-refractivity contribution >= 4 is 21.8 Å². The highest BCUT2D eigenvalue weighted by Gasteiger charge is 2.01. The Morgan fingerprint density at radius 1 is 1.50 bits per heavy atom. The van der Waals surface area contributed by atoms with E-state index in [2.05, 4.69) is 46.9 Å². The number of hydrogen-bond acceptors (Lipinski definition) is 1. The van der Waals surface area contributed by atoms with Crippen LogP contribution in [0.2, 0.25) is 0 Å². The van der Waals surface area contributed by atoms with Gasteiger partial charge in [0, 0.05) is 17.4 Å². The Bertz CT molecular complexity index is 387.